The molecule has 4 N–H and O–H groups in total. The summed E-state index contributed by atoms with van der Waals surface area (Å²) in [7, 11) is 0. The van der Waals surface area contributed by atoms with Gasteiger partial charge in [0.15, 0.2) is 5.84 Å². The summed E-state index contributed by atoms with van der Waals surface area (Å²) in [6.07, 6.45) is 5.22. The lowest BCUT2D eigenvalue weighted by Crippen LogP contribution is -2.54. The van der Waals surface area contributed by atoms with Crippen LogP contribution in [-0.4, -0.2) is 36.7 Å². The summed E-state index contributed by atoms with van der Waals surface area (Å²) in [4.78, 5) is 12.1. The number of ether oxygens (including phenoxy) is 1. The fraction of sp³-hybridized carbons (Fsp3) is 0.846. The standard InChI is InChI=1S/C13H25N3O3/c1-2-3-9-19-10-5-8-15-12(17)13(6-4-7-13)11(14)16-18/h18H,2-10H2,1H3,(H2,14,16)(H,15,17). The van der Waals surface area contributed by atoms with E-state index in [1.807, 2.05) is 0 Å². The number of carbonyl (C=O) groups is 1. The molecule has 1 aliphatic rings. The number of amides is 1. The molecule has 0 heterocycles. The lowest BCUT2D eigenvalue weighted by Gasteiger charge is -2.38. The topological polar surface area (TPSA) is 96.9 Å². The quantitative estimate of drug-likeness (QED) is 0.193. The van der Waals surface area contributed by atoms with Gasteiger partial charge in [0, 0.05) is 19.8 Å². The van der Waals surface area contributed by atoms with Gasteiger partial charge in [-0.05, 0) is 25.7 Å². The van der Waals surface area contributed by atoms with Crippen LogP contribution in [0.25, 0.3) is 0 Å². The lowest BCUT2D eigenvalue weighted by molar-refractivity contribution is -0.131. The van der Waals surface area contributed by atoms with Crippen LogP contribution in [0.15, 0.2) is 5.16 Å². The molecule has 0 aromatic rings. The van der Waals surface area contributed by atoms with Gasteiger partial charge in [-0.25, -0.2) is 0 Å². The molecule has 1 amide bonds. The van der Waals surface area contributed by atoms with Crippen LogP contribution in [-0.2, 0) is 9.53 Å². The van der Waals surface area contributed by atoms with Crippen LogP contribution in [0.4, 0.5) is 0 Å². The SMILES string of the molecule is CCCCOCCCNC(=O)C1(C(N)=NO)CCC1. The number of hydrogen-bond donors (Lipinski definition) is 3. The minimum atomic E-state index is -0.780. The molecular weight excluding hydrogens is 246 g/mol. The van der Waals surface area contributed by atoms with E-state index in [1.54, 1.807) is 0 Å². The molecule has 1 aliphatic carbocycles. The highest BCUT2D eigenvalue weighted by Gasteiger charge is 2.48. The highest BCUT2D eigenvalue weighted by atomic mass is 16.5. The van der Waals surface area contributed by atoms with Gasteiger partial charge in [0.2, 0.25) is 5.91 Å². The van der Waals surface area contributed by atoms with Crippen molar-refractivity contribution in [3.63, 3.8) is 0 Å². The van der Waals surface area contributed by atoms with E-state index < -0.39 is 5.41 Å². The fourth-order valence-corrected chi connectivity index (χ4v) is 2.12. The van der Waals surface area contributed by atoms with Gasteiger partial charge in [-0.2, -0.15) is 0 Å². The molecule has 1 rings (SSSR count). The van der Waals surface area contributed by atoms with Crippen LogP contribution in [0, 0.1) is 5.41 Å². The summed E-state index contributed by atoms with van der Waals surface area (Å²) in [6, 6.07) is 0. The summed E-state index contributed by atoms with van der Waals surface area (Å²) in [5, 5.41) is 14.6. The number of oxime groups is 1. The van der Waals surface area contributed by atoms with Gasteiger partial charge < -0.3 is 21.0 Å². The van der Waals surface area contributed by atoms with E-state index in [0.29, 0.717) is 26.0 Å². The van der Waals surface area contributed by atoms with Gasteiger partial charge in [-0.15, -0.1) is 0 Å². The Labute approximate surface area is 114 Å². The van der Waals surface area contributed by atoms with Crippen LogP contribution < -0.4 is 11.1 Å². The normalized spacial score (nSPS) is 17.8. The minimum absolute atomic E-state index is 0.0236. The largest absolute Gasteiger partial charge is 0.409 e. The number of amidine groups is 1. The van der Waals surface area contributed by atoms with Crippen molar-refractivity contribution >= 4 is 11.7 Å². The average Bonchev–Trinajstić information content (AvgIpc) is 2.36. The van der Waals surface area contributed by atoms with Crippen molar-refractivity contribution in [1.82, 2.24) is 5.32 Å². The second-order valence-electron chi connectivity index (χ2n) is 5.00. The second-order valence-corrected chi connectivity index (χ2v) is 5.00. The number of hydrogen-bond acceptors (Lipinski definition) is 4. The molecular formula is C13H25N3O3. The minimum Gasteiger partial charge on any atom is -0.409 e. The summed E-state index contributed by atoms with van der Waals surface area (Å²) < 4.78 is 5.41. The smallest absolute Gasteiger partial charge is 0.233 e. The molecule has 1 fully saturated rings. The molecule has 0 spiro atoms. The van der Waals surface area contributed by atoms with E-state index in [0.717, 1.165) is 32.3 Å². The molecule has 0 unspecified atom stereocenters. The zero-order valence-corrected chi connectivity index (χ0v) is 11.7. The van der Waals surface area contributed by atoms with Gasteiger partial charge in [0.1, 0.15) is 5.41 Å². The van der Waals surface area contributed by atoms with E-state index in [1.165, 1.54) is 0 Å². The third-order valence-electron chi connectivity index (χ3n) is 3.63. The van der Waals surface area contributed by atoms with Crippen molar-refractivity contribution in [2.75, 3.05) is 19.8 Å². The van der Waals surface area contributed by atoms with Crippen LogP contribution >= 0.6 is 0 Å². The molecule has 6 nitrogen and oxygen atoms in total. The van der Waals surface area contributed by atoms with Crippen molar-refractivity contribution in [3.05, 3.63) is 0 Å². The molecule has 6 heteroatoms. The van der Waals surface area contributed by atoms with Gasteiger partial charge in [0.05, 0.1) is 0 Å². The zero-order chi connectivity index (χ0) is 14.1. The van der Waals surface area contributed by atoms with E-state index in [-0.39, 0.29) is 11.7 Å². The Morgan fingerprint density at radius 3 is 2.63 bits per heavy atom. The Bertz CT molecular complexity index is 314. The Morgan fingerprint density at radius 1 is 1.42 bits per heavy atom. The molecule has 0 aromatic carbocycles. The van der Waals surface area contributed by atoms with E-state index in [9.17, 15) is 4.79 Å². The van der Waals surface area contributed by atoms with Crippen molar-refractivity contribution in [1.29, 1.82) is 0 Å². The van der Waals surface area contributed by atoms with Crippen LogP contribution in [0.3, 0.4) is 0 Å². The Kier molecular flexibility index (Phi) is 6.62. The van der Waals surface area contributed by atoms with Gasteiger partial charge in [-0.3, -0.25) is 4.79 Å². The van der Waals surface area contributed by atoms with Crippen molar-refractivity contribution in [3.8, 4) is 0 Å². The molecule has 19 heavy (non-hydrogen) atoms. The maximum atomic E-state index is 12.1. The summed E-state index contributed by atoms with van der Waals surface area (Å²) >= 11 is 0. The van der Waals surface area contributed by atoms with Crippen LogP contribution in [0.1, 0.15) is 45.4 Å². The Hall–Kier alpha value is -1.30. The first-order chi connectivity index (χ1) is 9.17. The van der Waals surface area contributed by atoms with Gasteiger partial charge in [0.25, 0.3) is 0 Å². The molecule has 110 valence electrons. The summed E-state index contributed by atoms with van der Waals surface area (Å²) in [6.45, 7) is 4.11. The van der Waals surface area contributed by atoms with Gasteiger partial charge in [-0.1, -0.05) is 24.9 Å². The highest BCUT2D eigenvalue weighted by molar-refractivity contribution is 6.07. The maximum absolute atomic E-state index is 12.1. The number of nitrogens with one attached hydrogen (secondary N) is 1. The average molecular weight is 271 g/mol. The van der Waals surface area contributed by atoms with Crippen LogP contribution in [0.2, 0.25) is 0 Å². The number of nitrogens with two attached hydrogens (primary N) is 1. The number of carbonyl (C=O) groups excluding carboxylic acids is 1. The third kappa shape index (κ3) is 4.09. The number of rotatable bonds is 9. The third-order valence-corrected chi connectivity index (χ3v) is 3.63. The molecule has 0 bridgehead atoms. The molecule has 0 aliphatic heterocycles. The molecule has 0 aromatic heterocycles. The van der Waals surface area contributed by atoms with E-state index >= 15 is 0 Å². The van der Waals surface area contributed by atoms with Crippen LogP contribution in [0.5, 0.6) is 0 Å². The molecule has 0 saturated heterocycles. The fourth-order valence-electron chi connectivity index (χ4n) is 2.12. The van der Waals surface area contributed by atoms with E-state index in [4.69, 9.17) is 15.7 Å². The number of unbranched alkanes of at least 4 members (excludes halogenated alkanes) is 1. The van der Waals surface area contributed by atoms with E-state index in [2.05, 4.69) is 17.4 Å². The number of nitrogens with zero attached hydrogens (tertiary/aromatic N) is 1. The first-order valence-corrected chi connectivity index (χ1v) is 7.01. The summed E-state index contributed by atoms with van der Waals surface area (Å²) in [5.41, 5.74) is 4.83. The first kappa shape index (κ1) is 15.8. The predicted molar refractivity (Wildman–Crippen MR) is 73.0 cm³/mol. The maximum Gasteiger partial charge on any atom is 0.233 e. The first-order valence-electron chi connectivity index (χ1n) is 7.01. The zero-order valence-electron chi connectivity index (χ0n) is 11.7. The lowest BCUT2D eigenvalue weighted by atomic mass is 9.67. The Morgan fingerprint density at radius 2 is 2.11 bits per heavy atom. The van der Waals surface area contributed by atoms with Gasteiger partial charge >= 0.3 is 0 Å². The second kappa shape index (κ2) is 7.99. The molecule has 1 saturated carbocycles. The monoisotopic (exact) mass is 271 g/mol. The molecule has 0 atom stereocenters. The predicted octanol–water partition coefficient (Wildman–Crippen LogP) is 1.23. The van der Waals surface area contributed by atoms with Crippen molar-refractivity contribution in [2.24, 2.45) is 16.3 Å². The highest BCUT2D eigenvalue weighted by Crippen LogP contribution is 2.41. The summed E-state index contributed by atoms with van der Waals surface area (Å²) in [5.74, 6) is -0.113. The molecule has 0 radical (unpaired) electrons. The Balaban J connectivity index is 2.20. The van der Waals surface area contributed by atoms with Crippen molar-refractivity contribution < 1.29 is 14.7 Å². The van der Waals surface area contributed by atoms with Crippen molar-refractivity contribution in [2.45, 2.75) is 45.4 Å².